The fourth-order valence-corrected chi connectivity index (χ4v) is 2.09. The molecule has 6 nitrogen and oxygen atoms in total. The Morgan fingerprint density at radius 1 is 1.40 bits per heavy atom. The Hall–Kier alpha value is -2.15. The van der Waals surface area contributed by atoms with Gasteiger partial charge < -0.3 is 10.6 Å². The highest BCUT2D eigenvalue weighted by molar-refractivity contribution is 9.10. The standard InChI is InChI=1S/C13H13BrN4O2/c1-8(19)17(2)11-7-18(16-12(11)13(15)20)10-5-3-4-9(14)6-10/h3-7H,1-2H3,(H2,15,20). The number of rotatable bonds is 3. The van der Waals surface area contributed by atoms with E-state index < -0.39 is 5.91 Å². The molecule has 0 saturated heterocycles. The van der Waals surface area contributed by atoms with Gasteiger partial charge in [0.2, 0.25) is 5.91 Å². The molecule has 2 amide bonds. The molecule has 0 aliphatic heterocycles. The van der Waals surface area contributed by atoms with Gasteiger partial charge in [0, 0.05) is 18.4 Å². The van der Waals surface area contributed by atoms with Gasteiger partial charge in [0.05, 0.1) is 17.6 Å². The van der Waals surface area contributed by atoms with Gasteiger partial charge in [0.1, 0.15) is 0 Å². The van der Waals surface area contributed by atoms with Crippen molar-refractivity contribution in [3.8, 4) is 5.69 Å². The van der Waals surface area contributed by atoms with Crippen LogP contribution in [0.5, 0.6) is 0 Å². The van der Waals surface area contributed by atoms with E-state index in [1.165, 1.54) is 16.5 Å². The van der Waals surface area contributed by atoms with Crippen molar-refractivity contribution in [2.75, 3.05) is 11.9 Å². The second-order valence-corrected chi connectivity index (χ2v) is 5.15. The lowest BCUT2D eigenvalue weighted by Gasteiger charge is -2.12. The first kappa shape index (κ1) is 14.3. The fraction of sp³-hybridized carbons (Fsp3) is 0.154. The van der Waals surface area contributed by atoms with Crippen LogP contribution < -0.4 is 10.6 Å². The van der Waals surface area contributed by atoms with Crippen molar-refractivity contribution in [3.63, 3.8) is 0 Å². The highest BCUT2D eigenvalue weighted by Crippen LogP contribution is 2.22. The van der Waals surface area contributed by atoms with Gasteiger partial charge in [-0.1, -0.05) is 22.0 Å². The average molecular weight is 337 g/mol. The Morgan fingerprint density at radius 2 is 2.10 bits per heavy atom. The molecule has 0 unspecified atom stereocenters. The Morgan fingerprint density at radius 3 is 2.65 bits per heavy atom. The molecule has 2 rings (SSSR count). The number of carbonyl (C=O) groups excluding carboxylic acids is 2. The van der Waals surface area contributed by atoms with E-state index in [0.29, 0.717) is 5.69 Å². The van der Waals surface area contributed by atoms with Crippen LogP contribution in [0.2, 0.25) is 0 Å². The van der Waals surface area contributed by atoms with E-state index in [9.17, 15) is 9.59 Å². The molecule has 0 radical (unpaired) electrons. The van der Waals surface area contributed by atoms with Gasteiger partial charge in [0.15, 0.2) is 5.69 Å². The first-order chi connectivity index (χ1) is 9.40. The summed E-state index contributed by atoms with van der Waals surface area (Å²) in [6.07, 6.45) is 1.60. The summed E-state index contributed by atoms with van der Waals surface area (Å²) in [4.78, 5) is 24.2. The third kappa shape index (κ3) is 2.72. The van der Waals surface area contributed by atoms with E-state index in [1.807, 2.05) is 24.3 Å². The predicted octanol–water partition coefficient (Wildman–Crippen LogP) is 1.72. The third-order valence-corrected chi connectivity index (χ3v) is 3.33. The smallest absolute Gasteiger partial charge is 0.271 e. The van der Waals surface area contributed by atoms with Crippen molar-refractivity contribution in [1.82, 2.24) is 9.78 Å². The number of carbonyl (C=O) groups is 2. The minimum atomic E-state index is -0.679. The molecular weight excluding hydrogens is 324 g/mol. The van der Waals surface area contributed by atoms with Gasteiger partial charge in [-0.15, -0.1) is 0 Å². The molecule has 1 aromatic carbocycles. The zero-order valence-corrected chi connectivity index (χ0v) is 12.6. The van der Waals surface area contributed by atoms with E-state index in [-0.39, 0.29) is 11.6 Å². The highest BCUT2D eigenvalue weighted by atomic mass is 79.9. The second kappa shape index (κ2) is 5.46. The van der Waals surface area contributed by atoms with Gasteiger partial charge in [-0.25, -0.2) is 4.68 Å². The second-order valence-electron chi connectivity index (χ2n) is 4.23. The molecule has 2 aromatic rings. The van der Waals surface area contributed by atoms with Crippen molar-refractivity contribution in [2.24, 2.45) is 5.73 Å². The summed E-state index contributed by atoms with van der Waals surface area (Å²) < 4.78 is 2.40. The number of hydrogen-bond acceptors (Lipinski definition) is 3. The van der Waals surface area contributed by atoms with E-state index in [2.05, 4.69) is 21.0 Å². The van der Waals surface area contributed by atoms with Crippen LogP contribution in [0, 0.1) is 0 Å². The number of nitrogens with two attached hydrogens (primary N) is 1. The molecule has 0 bridgehead atoms. The highest BCUT2D eigenvalue weighted by Gasteiger charge is 2.20. The summed E-state index contributed by atoms with van der Waals surface area (Å²) in [6.45, 7) is 1.40. The van der Waals surface area contributed by atoms with Crippen LogP contribution in [0.4, 0.5) is 5.69 Å². The van der Waals surface area contributed by atoms with E-state index >= 15 is 0 Å². The van der Waals surface area contributed by atoms with Crippen molar-refractivity contribution in [2.45, 2.75) is 6.92 Å². The normalized spacial score (nSPS) is 10.3. The lowest BCUT2D eigenvalue weighted by atomic mass is 10.3. The molecule has 7 heteroatoms. The maximum atomic E-state index is 11.5. The quantitative estimate of drug-likeness (QED) is 0.926. The molecule has 0 saturated carbocycles. The summed E-state index contributed by atoms with van der Waals surface area (Å²) in [6, 6.07) is 7.40. The largest absolute Gasteiger partial charge is 0.364 e. The van der Waals surface area contributed by atoms with Crippen LogP contribution in [-0.2, 0) is 4.79 Å². The number of halogens is 1. The molecular formula is C13H13BrN4O2. The number of benzene rings is 1. The Kier molecular flexibility index (Phi) is 3.89. The summed E-state index contributed by atoms with van der Waals surface area (Å²) in [7, 11) is 1.57. The first-order valence-electron chi connectivity index (χ1n) is 5.80. The average Bonchev–Trinajstić information content (AvgIpc) is 2.82. The molecule has 0 fully saturated rings. The van der Waals surface area contributed by atoms with Crippen LogP contribution in [0.1, 0.15) is 17.4 Å². The van der Waals surface area contributed by atoms with Crippen molar-refractivity contribution in [1.29, 1.82) is 0 Å². The van der Waals surface area contributed by atoms with Crippen LogP contribution >= 0.6 is 15.9 Å². The SMILES string of the molecule is CC(=O)N(C)c1cn(-c2cccc(Br)c2)nc1C(N)=O. The third-order valence-electron chi connectivity index (χ3n) is 2.83. The number of primary amides is 1. The Bertz CT molecular complexity index is 681. The first-order valence-corrected chi connectivity index (χ1v) is 6.59. The Balaban J connectivity index is 2.55. The number of anilines is 1. The van der Waals surface area contributed by atoms with E-state index in [0.717, 1.165) is 10.2 Å². The topological polar surface area (TPSA) is 81.2 Å². The maximum Gasteiger partial charge on any atom is 0.271 e. The van der Waals surface area contributed by atoms with Crippen LogP contribution in [0.25, 0.3) is 5.69 Å². The number of hydrogen-bond donors (Lipinski definition) is 1. The lowest BCUT2D eigenvalue weighted by molar-refractivity contribution is -0.116. The van der Waals surface area contributed by atoms with Gasteiger partial charge in [-0.2, -0.15) is 5.10 Å². The minimum Gasteiger partial charge on any atom is -0.364 e. The fourth-order valence-electron chi connectivity index (χ4n) is 1.71. The molecule has 1 aromatic heterocycles. The molecule has 0 aliphatic carbocycles. The van der Waals surface area contributed by atoms with Gasteiger partial charge in [0.25, 0.3) is 5.91 Å². The number of nitrogens with zero attached hydrogens (tertiary/aromatic N) is 3. The molecule has 104 valence electrons. The maximum absolute atomic E-state index is 11.5. The van der Waals surface area contributed by atoms with E-state index in [1.54, 1.807) is 13.2 Å². The predicted molar refractivity (Wildman–Crippen MR) is 78.9 cm³/mol. The minimum absolute atomic E-state index is 0.0580. The van der Waals surface area contributed by atoms with Gasteiger partial charge in [-0.05, 0) is 18.2 Å². The molecule has 1 heterocycles. The summed E-state index contributed by atoms with van der Waals surface area (Å²) in [5, 5.41) is 4.15. The lowest BCUT2D eigenvalue weighted by Crippen LogP contribution is -2.25. The Labute approximate surface area is 124 Å². The zero-order chi connectivity index (χ0) is 14.9. The molecule has 0 spiro atoms. The molecule has 0 aliphatic rings. The number of aromatic nitrogens is 2. The van der Waals surface area contributed by atoms with Crippen molar-refractivity contribution < 1.29 is 9.59 Å². The molecule has 2 N–H and O–H groups in total. The van der Waals surface area contributed by atoms with Gasteiger partial charge in [-0.3, -0.25) is 9.59 Å². The number of amides is 2. The monoisotopic (exact) mass is 336 g/mol. The van der Waals surface area contributed by atoms with Crippen LogP contribution in [-0.4, -0.2) is 28.6 Å². The summed E-state index contributed by atoms with van der Waals surface area (Å²) in [5.41, 5.74) is 6.50. The van der Waals surface area contributed by atoms with E-state index in [4.69, 9.17) is 5.73 Å². The van der Waals surface area contributed by atoms with Crippen LogP contribution in [0.3, 0.4) is 0 Å². The van der Waals surface area contributed by atoms with Crippen molar-refractivity contribution in [3.05, 3.63) is 40.6 Å². The van der Waals surface area contributed by atoms with Crippen LogP contribution in [0.15, 0.2) is 34.9 Å². The molecule has 0 atom stereocenters. The summed E-state index contributed by atoms with van der Waals surface area (Å²) >= 11 is 3.37. The molecule has 20 heavy (non-hydrogen) atoms. The zero-order valence-electron chi connectivity index (χ0n) is 11.0. The van der Waals surface area contributed by atoms with Gasteiger partial charge >= 0.3 is 0 Å². The summed E-state index contributed by atoms with van der Waals surface area (Å²) in [5.74, 6) is -0.886. The van der Waals surface area contributed by atoms with Crippen molar-refractivity contribution >= 4 is 33.4 Å².